The molecule has 1 aliphatic heterocycles. The van der Waals surface area contributed by atoms with E-state index in [0.29, 0.717) is 17.0 Å². The van der Waals surface area contributed by atoms with Crippen LogP contribution in [0.3, 0.4) is 0 Å². The molecule has 1 atom stereocenters. The van der Waals surface area contributed by atoms with Gasteiger partial charge >= 0.3 is 0 Å². The van der Waals surface area contributed by atoms with Crippen LogP contribution >= 0.6 is 0 Å². The highest BCUT2D eigenvalue weighted by molar-refractivity contribution is 6.05. The molecule has 2 heterocycles. The van der Waals surface area contributed by atoms with Gasteiger partial charge in [0.25, 0.3) is 5.91 Å². The quantitative estimate of drug-likeness (QED) is 0.606. The number of likely N-dealkylation sites (N-methyl/N-ethyl adjacent to an activating group) is 1. The Balaban J connectivity index is 1.44. The molecule has 1 fully saturated rings. The van der Waals surface area contributed by atoms with Crippen LogP contribution in [0.25, 0.3) is 0 Å². The van der Waals surface area contributed by atoms with Crippen molar-refractivity contribution in [2.24, 2.45) is 0 Å². The highest BCUT2D eigenvalue weighted by atomic mass is 19.1. The zero-order chi connectivity index (χ0) is 22.5. The van der Waals surface area contributed by atoms with Gasteiger partial charge in [-0.15, -0.1) is 0 Å². The first-order valence-electron chi connectivity index (χ1n) is 10.7. The van der Waals surface area contributed by atoms with E-state index in [-0.39, 0.29) is 36.8 Å². The largest absolute Gasteiger partial charge is 0.467 e. The van der Waals surface area contributed by atoms with E-state index in [1.807, 2.05) is 0 Å². The van der Waals surface area contributed by atoms with Gasteiger partial charge in [0, 0.05) is 13.1 Å². The van der Waals surface area contributed by atoms with Crippen molar-refractivity contribution in [3.05, 3.63) is 89.6 Å². The Hall–Kier alpha value is -3.45. The zero-order valence-corrected chi connectivity index (χ0v) is 18.0. The van der Waals surface area contributed by atoms with E-state index in [1.165, 1.54) is 17.0 Å². The van der Waals surface area contributed by atoms with Crippen molar-refractivity contribution in [1.82, 2.24) is 10.2 Å². The first-order valence-corrected chi connectivity index (χ1v) is 10.7. The van der Waals surface area contributed by atoms with Crippen molar-refractivity contribution in [3.63, 3.8) is 0 Å². The van der Waals surface area contributed by atoms with Crippen molar-refractivity contribution < 1.29 is 18.4 Å². The number of rotatable bonds is 7. The van der Waals surface area contributed by atoms with E-state index in [1.54, 1.807) is 61.8 Å². The number of furan rings is 1. The fourth-order valence-corrected chi connectivity index (χ4v) is 4.13. The van der Waals surface area contributed by atoms with Crippen LogP contribution in [0.15, 0.2) is 71.3 Å². The number of hydrogen-bond donors (Lipinski definition) is 1. The summed E-state index contributed by atoms with van der Waals surface area (Å²) in [6.45, 7) is 1.29. The van der Waals surface area contributed by atoms with E-state index in [0.717, 1.165) is 24.9 Å². The van der Waals surface area contributed by atoms with E-state index < -0.39 is 0 Å². The molecule has 6 nitrogen and oxygen atoms in total. The number of anilines is 1. The second-order valence-electron chi connectivity index (χ2n) is 7.91. The number of hydrogen-bond acceptors (Lipinski definition) is 4. The molecule has 1 N–H and O–H groups in total. The minimum Gasteiger partial charge on any atom is -0.467 e. The summed E-state index contributed by atoms with van der Waals surface area (Å²) in [5.74, 6) is 0.00414. The molecule has 1 saturated heterocycles. The van der Waals surface area contributed by atoms with E-state index >= 15 is 0 Å². The topological polar surface area (TPSA) is 65.8 Å². The van der Waals surface area contributed by atoms with E-state index in [2.05, 4.69) is 10.2 Å². The maximum absolute atomic E-state index is 13.3. The Bertz CT molecular complexity index is 1070. The predicted octanol–water partition coefficient (Wildman–Crippen LogP) is 4.15. The Labute approximate surface area is 186 Å². The van der Waals surface area contributed by atoms with Crippen LogP contribution < -0.4 is 10.2 Å². The van der Waals surface area contributed by atoms with Gasteiger partial charge in [0.1, 0.15) is 11.6 Å². The van der Waals surface area contributed by atoms with Crippen LogP contribution in [-0.2, 0) is 11.3 Å². The third kappa shape index (κ3) is 4.89. The third-order valence-corrected chi connectivity index (χ3v) is 5.84. The molecule has 0 radical (unpaired) electrons. The summed E-state index contributed by atoms with van der Waals surface area (Å²) in [6, 6.07) is 17.2. The average Bonchev–Trinajstić information content (AvgIpc) is 3.50. The minimum atomic E-state index is -0.276. The maximum atomic E-state index is 13.3. The molecular weight excluding hydrogens is 409 g/mol. The molecule has 0 unspecified atom stereocenters. The summed E-state index contributed by atoms with van der Waals surface area (Å²) < 4.78 is 18.6. The molecule has 0 aliphatic carbocycles. The molecule has 32 heavy (non-hydrogen) atoms. The molecule has 0 spiro atoms. The first-order chi connectivity index (χ1) is 15.5. The second-order valence-corrected chi connectivity index (χ2v) is 7.91. The second kappa shape index (κ2) is 9.78. The van der Waals surface area contributed by atoms with Crippen molar-refractivity contribution in [3.8, 4) is 0 Å². The number of nitrogens with one attached hydrogen (secondary N) is 1. The van der Waals surface area contributed by atoms with Gasteiger partial charge in [0.05, 0.1) is 30.6 Å². The lowest BCUT2D eigenvalue weighted by Gasteiger charge is -2.27. The van der Waals surface area contributed by atoms with Crippen LogP contribution in [0.4, 0.5) is 10.1 Å². The molecule has 2 amide bonds. The van der Waals surface area contributed by atoms with E-state index in [9.17, 15) is 14.0 Å². The van der Waals surface area contributed by atoms with Crippen molar-refractivity contribution in [1.29, 1.82) is 0 Å². The Kier molecular flexibility index (Phi) is 6.66. The zero-order valence-electron chi connectivity index (χ0n) is 18.0. The number of carbonyl (C=O) groups excluding carboxylic acids is 2. The Morgan fingerprint density at radius 2 is 1.91 bits per heavy atom. The maximum Gasteiger partial charge on any atom is 0.253 e. The summed E-state index contributed by atoms with van der Waals surface area (Å²) in [5.41, 5.74) is 1.98. The Morgan fingerprint density at radius 1 is 1.12 bits per heavy atom. The normalized spacial score (nSPS) is 16.1. The van der Waals surface area contributed by atoms with Gasteiger partial charge in [-0.2, -0.15) is 0 Å². The number of likely N-dealkylation sites (tertiary alicyclic amines) is 1. The van der Waals surface area contributed by atoms with Crippen LogP contribution in [-0.4, -0.2) is 36.9 Å². The monoisotopic (exact) mass is 435 g/mol. The number of halogens is 1. The van der Waals surface area contributed by atoms with Gasteiger partial charge in [-0.05, 0) is 61.3 Å². The summed E-state index contributed by atoms with van der Waals surface area (Å²) in [5, 5.41) is 2.83. The lowest BCUT2D eigenvalue weighted by Crippen LogP contribution is -2.39. The highest BCUT2D eigenvalue weighted by Gasteiger charge is 2.29. The predicted molar refractivity (Wildman–Crippen MR) is 120 cm³/mol. The molecule has 3 aromatic rings. The standard InChI is InChI=1S/C25H26FN3O3/c1-28(23-8-3-2-7-21(23)25(31)27-16-20-6-5-15-32-20)24(30)17-29-14-4-9-22(29)18-10-12-19(26)13-11-18/h2-3,5-8,10-13,15,22H,4,9,14,16-17H2,1H3,(H,27,31)/t22-/m1/s1. The smallest absolute Gasteiger partial charge is 0.253 e. The highest BCUT2D eigenvalue weighted by Crippen LogP contribution is 2.32. The fraction of sp³-hybridized carbons (Fsp3) is 0.280. The summed E-state index contributed by atoms with van der Waals surface area (Å²) in [7, 11) is 1.68. The van der Waals surface area contributed by atoms with Crippen LogP contribution in [0, 0.1) is 5.82 Å². The molecule has 166 valence electrons. The molecule has 7 heteroatoms. The molecule has 4 rings (SSSR count). The van der Waals surface area contributed by atoms with Gasteiger partial charge in [-0.25, -0.2) is 4.39 Å². The lowest BCUT2D eigenvalue weighted by molar-refractivity contribution is -0.119. The van der Waals surface area contributed by atoms with Gasteiger partial charge in [-0.3, -0.25) is 14.5 Å². The summed E-state index contributed by atoms with van der Waals surface area (Å²) >= 11 is 0. The minimum absolute atomic E-state index is 0.0831. The summed E-state index contributed by atoms with van der Waals surface area (Å²) in [6.07, 6.45) is 3.46. The number of amides is 2. The average molecular weight is 435 g/mol. The first kappa shape index (κ1) is 21.8. The van der Waals surface area contributed by atoms with Gasteiger partial charge in [0.2, 0.25) is 5.91 Å². The van der Waals surface area contributed by atoms with Gasteiger partial charge < -0.3 is 14.6 Å². The Morgan fingerprint density at radius 3 is 2.66 bits per heavy atom. The number of nitrogens with zero attached hydrogens (tertiary/aromatic N) is 2. The molecule has 2 aromatic carbocycles. The van der Waals surface area contributed by atoms with Crippen molar-refractivity contribution in [2.45, 2.75) is 25.4 Å². The number of benzene rings is 2. The molecule has 1 aliphatic rings. The van der Waals surface area contributed by atoms with E-state index in [4.69, 9.17) is 4.42 Å². The number of para-hydroxylation sites is 1. The molecular formula is C25H26FN3O3. The van der Waals surface area contributed by atoms with Crippen LogP contribution in [0.2, 0.25) is 0 Å². The van der Waals surface area contributed by atoms with Gasteiger partial charge in [0.15, 0.2) is 0 Å². The van der Waals surface area contributed by atoms with Crippen molar-refractivity contribution >= 4 is 17.5 Å². The third-order valence-electron chi connectivity index (χ3n) is 5.84. The lowest BCUT2D eigenvalue weighted by atomic mass is 10.0. The SMILES string of the molecule is CN(C(=O)CN1CCC[C@@H]1c1ccc(F)cc1)c1ccccc1C(=O)NCc1ccco1. The molecule has 1 aromatic heterocycles. The fourth-order valence-electron chi connectivity index (χ4n) is 4.13. The van der Waals surface area contributed by atoms with Crippen LogP contribution in [0.1, 0.15) is 40.6 Å². The van der Waals surface area contributed by atoms with Crippen molar-refractivity contribution in [2.75, 3.05) is 25.0 Å². The van der Waals surface area contributed by atoms with Crippen LogP contribution in [0.5, 0.6) is 0 Å². The van der Waals surface area contributed by atoms with Gasteiger partial charge in [-0.1, -0.05) is 24.3 Å². The summed E-state index contributed by atoms with van der Waals surface area (Å²) in [4.78, 5) is 29.5. The number of carbonyl (C=O) groups is 2. The molecule has 0 bridgehead atoms. The molecule has 0 saturated carbocycles.